The molecule has 0 radical (unpaired) electrons. The number of ether oxygens (including phenoxy) is 4. The highest BCUT2D eigenvalue weighted by Gasteiger charge is 2.44. The second kappa shape index (κ2) is 8.30. The fraction of sp³-hybridized carbons (Fsp3) is 0.240. The fourth-order valence-corrected chi connectivity index (χ4v) is 4.28. The maximum Gasteiger partial charge on any atom is 0.171 e. The van der Waals surface area contributed by atoms with Crippen LogP contribution in [-0.2, 0) is 0 Å². The van der Waals surface area contributed by atoms with Crippen molar-refractivity contribution in [2.45, 2.75) is 11.8 Å². The van der Waals surface area contributed by atoms with Gasteiger partial charge in [0.05, 0.1) is 34.4 Å². The molecule has 6 heteroatoms. The minimum Gasteiger partial charge on any atom is -0.497 e. The van der Waals surface area contributed by atoms with Gasteiger partial charge >= 0.3 is 0 Å². The summed E-state index contributed by atoms with van der Waals surface area (Å²) in [7, 11) is 6.23. The van der Waals surface area contributed by atoms with Crippen LogP contribution in [0.15, 0.2) is 54.6 Å². The first-order chi connectivity index (χ1) is 15.0. The fourth-order valence-electron chi connectivity index (χ4n) is 4.28. The van der Waals surface area contributed by atoms with Gasteiger partial charge in [-0.05, 0) is 41.5 Å². The molecule has 0 amide bonds. The normalized spacial score (nSPS) is 17.3. The number of Topliss-reactive ketones (excluding diaryl/α,β-unsaturated/α-hetero) is 1. The second-order valence-corrected chi connectivity index (χ2v) is 7.31. The van der Waals surface area contributed by atoms with Crippen molar-refractivity contribution < 1.29 is 28.1 Å². The summed E-state index contributed by atoms with van der Waals surface area (Å²) in [6.07, 6.45) is 0. The van der Waals surface area contributed by atoms with Gasteiger partial charge in [-0.1, -0.05) is 12.1 Å². The molecule has 1 aliphatic rings. The number of hydrogen-bond donors (Lipinski definition) is 0. The summed E-state index contributed by atoms with van der Waals surface area (Å²) < 4.78 is 35.5. The molecule has 0 N–H and O–H groups in total. The highest BCUT2D eigenvalue weighted by atomic mass is 19.1. The number of ketones is 1. The van der Waals surface area contributed by atoms with Gasteiger partial charge < -0.3 is 18.9 Å². The van der Waals surface area contributed by atoms with Crippen molar-refractivity contribution in [1.29, 1.82) is 0 Å². The Morgan fingerprint density at radius 1 is 0.677 bits per heavy atom. The van der Waals surface area contributed by atoms with E-state index in [1.807, 2.05) is 12.1 Å². The van der Waals surface area contributed by atoms with Gasteiger partial charge in [0.2, 0.25) is 0 Å². The number of methoxy groups -OCH3 is 4. The van der Waals surface area contributed by atoms with E-state index in [0.717, 1.165) is 16.7 Å². The Hall–Kier alpha value is -3.54. The lowest BCUT2D eigenvalue weighted by molar-refractivity contribution is 0.0968. The number of rotatable bonds is 6. The van der Waals surface area contributed by atoms with Crippen molar-refractivity contribution in [3.05, 3.63) is 82.7 Å². The highest BCUT2D eigenvalue weighted by Crippen LogP contribution is 2.53. The van der Waals surface area contributed by atoms with E-state index < -0.39 is 5.92 Å². The molecular weight excluding hydrogens is 399 g/mol. The minimum atomic E-state index is -0.564. The predicted molar refractivity (Wildman–Crippen MR) is 114 cm³/mol. The van der Waals surface area contributed by atoms with Gasteiger partial charge in [-0.15, -0.1) is 0 Å². The molecule has 0 spiro atoms. The summed E-state index contributed by atoms with van der Waals surface area (Å²) in [5.74, 6) is 0.902. The molecule has 1 aliphatic carbocycles. The van der Waals surface area contributed by atoms with Gasteiger partial charge in [-0.25, -0.2) is 4.39 Å². The Morgan fingerprint density at radius 2 is 1.26 bits per heavy atom. The molecule has 160 valence electrons. The number of benzene rings is 3. The van der Waals surface area contributed by atoms with Crippen LogP contribution in [0.5, 0.6) is 23.0 Å². The van der Waals surface area contributed by atoms with Crippen LogP contribution in [0, 0.1) is 5.82 Å². The van der Waals surface area contributed by atoms with Crippen LogP contribution < -0.4 is 18.9 Å². The topological polar surface area (TPSA) is 54.0 Å². The zero-order chi connectivity index (χ0) is 22.1. The lowest BCUT2D eigenvalue weighted by atomic mass is 9.81. The quantitative estimate of drug-likeness (QED) is 0.561. The van der Waals surface area contributed by atoms with Gasteiger partial charge in [0.15, 0.2) is 5.78 Å². The Kier molecular flexibility index (Phi) is 5.55. The summed E-state index contributed by atoms with van der Waals surface area (Å²) in [5.41, 5.74) is 2.83. The monoisotopic (exact) mass is 422 g/mol. The summed E-state index contributed by atoms with van der Waals surface area (Å²) in [6, 6.07) is 15.1. The molecule has 0 aliphatic heterocycles. The van der Waals surface area contributed by atoms with Crippen LogP contribution in [0.2, 0.25) is 0 Å². The number of halogens is 1. The van der Waals surface area contributed by atoms with Gasteiger partial charge in [-0.2, -0.15) is 0 Å². The van der Waals surface area contributed by atoms with E-state index in [-0.39, 0.29) is 17.5 Å². The molecule has 2 atom stereocenters. The first kappa shape index (κ1) is 20.7. The molecule has 5 nitrogen and oxygen atoms in total. The van der Waals surface area contributed by atoms with Crippen LogP contribution in [-0.4, -0.2) is 34.2 Å². The predicted octanol–water partition coefficient (Wildman–Crippen LogP) is 4.97. The van der Waals surface area contributed by atoms with Crippen molar-refractivity contribution in [1.82, 2.24) is 0 Å². The van der Waals surface area contributed by atoms with Crippen molar-refractivity contribution in [3.8, 4) is 23.0 Å². The van der Waals surface area contributed by atoms with Crippen molar-refractivity contribution in [3.63, 3.8) is 0 Å². The van der Waals surface area contributed by atoms with E-state index in [1.165, 1.54) is 12.1 Å². The first-order valence-electron chi connectivity index (χ1n) is 9.79. The lowest BCUT2D eigenvalue weighted by Gasteiger charge is -2.22. The molecule has 0 unspecified atom stereocenters. The highest BCUT2D eigenvalue weighted by molar-refractivity contribution is 6.08. The molecule has 0 fully saturated rings. The number of carbonyl (C=O) groups is 1. The number of carbonyl (C=O) groups excluding carboxylic acids is 1. The molecular formula is C25H23FO5. The summed E-state index contributed by atoms with van der Waals surface area (Å²) >= 11 is 0. The van der Waals surface area contributed by atoms with Crippen molar-refractivity contribution >= 4 is 5.78 Å². The molecule has 3 aromatic rings. The molecule has 31 heavy (non-hydrogen) atoms. The Balaban J connectivity index is 1.98. The molecule has 4 rings (SSSR count). The average Bonchev–Trinajstić information content (AvgIpc) is 3.10. The largest absolute Gasteiger partial charge is 0.497 e. The third-order valence-corrected chi connectivity index (χ3v) is 5.73. The van der Waals surface area contributed by atoms with Crippen LogP contribution in [0.3, 0.4) is 0 Å². The smallest absolute Gasteiger partial charge is 0.171 e. The van der Waals surface area contributed by atoms with Gasteiger partial charge in [0.1, 0.15) is 28.8 Å². The zero-order valence-electron chi connectivity index (χ0n) is 17.8. The van der Waals surface area contributed by atoms with E-state index in [2.05, 4.69) is 0 Å². The van der Waals surface area contributed by atoms with Crippen LogP contribution in [0.1, 0.15) is 38.9 Å². The summed E-state index contributed by atoms with van der Waals surface area (Å²) in [6.45, 7) is 0. The third-order valence-electron chi connectivity index (χ3n) is 5.73. The van der Waals surface area contributed by atoms with Crippen molar-refractivity contribution in [2.75, 3.05) is 28.4 Å². The molecule has 0 aromatic heterocycles. The zero-order valence-corrected chi connectivity index (χ0v) is 17.8. The van der Waals surface area contributed by atoms with E-state index in [9.17, 15) is 9.18 Å². The minimum absolute atomic E-state index is 0.0724. The molecule has 0 saturated carbocycles. The molecule has 0 saturated heterocycles. The maximum absolute atomic E-state index is 13.7. The SMILES string of the molecule is COc1cc(OC)cc([C@@H]2C(=O)c3cc(OC)cc(OC)c3[C@H]2c2ccc(F)cc2)c1. The van der Waals surface area contributed by atoms with Crippen LogP contribution >= 0.6 is 0 Å². The molecule has 3 aromatic carbocycles. The Morgan fingerprint density at radius 3 is 1.81 bits per heavy atom. The van der Waals surface area contributed by atoms with Crippen LogP contribution in [0.4, 0.5) is 4.39 Å². The van der Waals surface area contributed by atoms with Gasteiger partial charge in [0, 0.05) is 29.2 Å². The summed E-state index contributed by atoms with van der Waals surface area (Å²) in [5, 5.41) is 0. The van der Waals surface area contributed by atoms with E-state index in [0.29, 0.717) is 28.6 Å². The molecule has 0 heterocycles. The Labute approximate surface area is 180 Å². The maximum atomic E-state index is 13.7. The van der Waals surface area contributed by atoms with E-state index in [1.54, 1.807) is 58.8 Å². The Bertz CT molecular complexity index is 1100. The molecule has 0 bridgehead atoms. The first-order valence-corrected chi connectivity index (χ1v) is 9.79. The third kappa shape index (κ3) is 3.58. The second-order valence-electron chi connectivity index (χ2n) is 7.31. The van der Waals surface area contributed by atoms with Gasteiger partial charge in [-0.3, -0.25) is 4.79 Å². The summed E-state index contributed by atoms with van der Waals surface area (Å²) in [4.78, 5) is 13.7. The number of hydrogen-bond acceptors (Lipinski definition) is 5. The van der Waals surface area contributed by atoms with E-state index >= 15 is 0 Å². The standard InChI is InChI=1S/C25H23FO5/c1-28-17-9-15(10-18(11-17)29-2)23-22(14-5-7-16(26)8-6-14)24-20(25(23)27)12-19(30-3)13-21(24)31-4/h5-13,22-23H,1-4H3/t22-,23-/m0/s1. The number of fused-ring (bicyclic) bond motifs is 1. The van der Waals surface area contributed by atoms with Crippen LogP contribution in [0.25, 0.3) is 0 Å². The van der Waals surface area contributed by atoms with Crippen molar-refractivity contribution in [2.24, 2.45) is 0 Å². The van der Waals surface area contributed by atoms with Gasteiger partial charge in [0.25, 0.3) is 0 Å². The lowest BCUT2D eigenvalue weighted by Crippen LogP contribution is -2.13. The average molecular weight is 422 g/mol. The van der Waals surface area contributed by atoms with E-state index in [4.69, 9.17) is 18.9 Å².